The number of ether oxygens (including phenoxy) is 1. The summed E-state index contributed by atoms with van der Waals surface area (Å²) >= 11 is 5.40. The summed E-state index contributed by atoms with van der Waals surface area (Å²) < 4.78 is 29.0. The average Bonchev–Trinajstić information content (AvgIpc) is 2.97. The fraction of sp³-hybridized carbons (Fsp3) is 0.278. The largest absolute Gasteiger partial charge is 0.457 e. The number of anilines is 1. The molecule has 1 aliphatic rings. The summed E-state index contributed by atoms with van der Waals surface area (Å²) in [5.74, 6) is 1.91. The van der Waals surface area contributed by atoms with E-state index in [0.717, 1.165) is 17.2 Å². The summed E-state index contributed by atoms with van der Waals surface area (Å²) in [6.45, 7) is 0. The molecule has 0 saturated carbocycles. The highest BCUT2D eigenvalue weighted by Crippen LogP contribution is 2.23. The molecule has 132 valence electrons. The molecule has 0 aromatic heterocycles. The Labute approximate surface area is 153 Å². The minimum Gasteiger partial charge on any atom is -0.457 e. The zero-order chi connectivity index (χ0) is 17.9. The van der Waals surface area contributed by atoms with Gasteiger partial charge in [-0.05, 0) is 55.0 Å². The van der Waals surface area contributed by atoms with Gasteiger partial charge in [0.05, 0.1) is 11.5 Å². The normalized spacial score (nSPS) is 18.5. The van der Waals surface area contributed by atoms with Crippen molar-refractivity contribution in [2.24, 2.45) is 0 Å². The van der Waals surface area contributed by atoms with Gasteiger partial charge in [-0.25, -0.2) is 8.42 Å². The van der Waals surface area contributed by atoms with Gasteiger partial charge in [-0.1, -0.05) is 18.2 Å². The molecule has 0 amide bonds. The molecule has 0 bridgehead atoms. The Kier molecular flexibility index (Phi) is 5.24. The van der Waals surface area contributed by atoms with Crippen LogP contribution in [-0.4, -0.2) is 43.0 Å². The third-order valence-corrected chi connectivity index (χ3v) is 6.30. The van der Waals surface area contributed by atoms with Crippen LogP contribution >= 0.6 is 12.2 Å². The number of sulfone groups is 1. The lowest BCUT2D eigenvalue weighted by Crippen LogP contribution is -2.40. The first-order valence-corrected chi connectivity index (χ1v) is 10.2. The maximum absolute atomic E-state index is 11.6. The average molecular weight is 377 g/mol. The summed E-state index contributed by atoms with van der Waals surface area (Å²) in [7, 11) is -1.10. The quantitative estimate of drug-likeness (QED) is 0.827. The number of thiocarbonyl (C=S) groups is 1. The van der Waals surface area contributed by atoms with Crippen molar-refractivity contribution in [2.45, 2.75) is 12.5 Å². The molecule has 0 radical (unpaired) electrons. The molecule has 7 heteroatoms. The number of para-hydroxylation sites is 1. The first-order valence-electron chi connectivity index (χ1n) is 8.00. The number of benzene rings is 2. The van der Waals surface area contributed by atoms with E-state index in [4.69, 9.17) is 17.0 Å². The summed E-state index contributed by atoms with van der Waals surface area (Å²) in [6, 6.07) is 17.0. The van der Waals surface area contributed by atoms with Crippen molar-refractivity contribution in [3.8, 4) is 11.5 Å². The first kappa shape index (κ1) is 17.7. The monoisotopic (exact) mass is 376 g/mol. The zero-order valence-electron chi connectivity index (χ0n) is 13.9. The second kappa shape index (κ2) is 7.41. The predicted molar refractivity (Wildman–Crippen MR) is 104 cm³/mol. The van der Waals surface area contributed by atoms with Crippen LogP contribution in [0.4, 0.5) is 5.69 Å². The fourth-order valence-electron chi connectivity index (χ4n) is 2.69. The van der Waals surface area contributed by atoms with E-state index < -0.39 is 9.84 Å². The van der Waals surface area contributed by atoms with Crippen LogP contribution in [-0.2, 0) is 9.84 Å². The summed E-state index contributed by atoms with van der Waals surface area (Å²) in [4.78, 5) is 1.83. The molecule has 1 N–H and O–H groups in total. The van der Waals surface area contributed by atoms with E-state index in [-0.39, 0.29) is 17.5 Å². The van der Waals surface area contributed by atoms with E-state index in [2.05, 4.69) is 5.32 Å². The highest BCUT2D eigenvalue weighted by molar-refractivity contribution is 7.91. The molecule has 1 aliphatic heterocycles. The molecule has 2 aromatic rings. The Morgan fingerprint density at radius 3 is 2.36 bits per heavy atom. The Bertz CT molecular complexity index is 836. The molecule has 2 aromatic carbocycles. The maximum atomic E-state index is 11.6. The van der Waals surface area contributed by atoms with Gasteiger partial charge in [0.2, 0.25) is 0 Å². The van der Waals surface area contributed by atoms with E-state index >= 15 is 0 Å². The number of hydrogen-bond acceptors (Lipinski definition) is 4. The van der Waals surface area contributed by atoms with Crippen LogP contribution in [0.1, 0.15) is 6.42 Å². The van der Waals surface area contributed by atoms with Crippen molar-refractivity contribution in [3.63, 3.8) is 0 Å². The topological polar surface area (TPSA) is 58.6 Å². The summed E-state index contributed by atoms with van der Waals surface area (Å²) in [5.41, 5.74) is 0.832. The predicted octanol–water partition coefficient (Wildman–Crippen LogP) is 3.29. The molecule has 0 spiro atoms. The van der Waals surface area contributed by atoms with Crippen molar-refractivity contribution >= 4 is 32.9 Å². The fourth-order valence-corrected chi connectivity index (χ4v) is 4.73. The van der Waals surface area contributed by atoms with Gasteiger partial charge in [-0.15, -0.1) is 0 Å². The minimum atomic E-state index is -2.93. The minimum absolute atomic E-state index is 0.0642. The Morgan fingerprint density at radius 1 is 1.12 bits per heavy atom. The van der Waals surface area contributed by atoms with Crippen LogP contribution in [0.2, 0.25) is 0 Å². The molecule has 1 saturated heterocycles. The SMILES string of the molecule is CN(C(=S)Nc1ccc(Oc2ccccc2)cc1)[C@@H]1CCS(=O)(=O)C1. The Hall–Kier alpha value is -2.12. The van der Waals surface area contributed by atoms with Crippen LogP contribution in [0.15, 0.2) is 54.6 Å². The van der Waals surface area contributed by atoms with Crippen LogP contribution in [0.3, 0.4) is 0 Å². The summed E-state index contributed by atoms with van der Waals surface area (Å²) in [6.07, 6.45) is 0.616. The standard InChI is InChI=1S/C18H20N2O3S2/c1-20(15-11-12-25(21,22)13-15)18(24)19-14-7-9-17(10-8-14)23-16-5-3-2-4-6-16/h2-10,15H,11-13H2,1H3,(H,19,24)/t15-/m1/s1. The Morgan fingerprint density at radius 2 is 1.76 bits per heavy atom. The van der Waals surface area contributed by atoms with Crippen molar-refractivity contribution in [3.05, 3.63) is 54.6 Å². The van der Waals surface area contributed by atoms with Crippen molar-refractivity contribution < 1.29 is 13.2 Å². The molecule has 1 heterocycles. The maximum Gasteiger partial charge on any atom is 0.173 e. The molecular weight excluding hydrogens is 356 g/mol. The Balaban J connectivity index is 1.58. The van der Waals surface area contributed by atoms with Gasteiger partial charge < -0.3 is 15.0 Å². The lowest BCUT2D eigenvalue weighted by atomic mass is 10.2. The van der Waals surface area contributed by atoms with E-state index in [9.17, 15) is 8.42 Å². The van der Waals surface area contributed by atoms with Crippen molar-refractivity contribution in [1.29, 1.82) is 0 Å². The van der Waals surface area contributed by atoms with Gasteiger partial charge in [0.1, 0.15) is 11.5 Å². The summed E-state index contributed by atoms with van der Waals surface area (Å²) in [5, 5.41) is 3.66. The molecule has 3 rings (SSSR count). The molecule has 0 aliphatic carbocycles. The van der Waals surface area contributed by atoms with Crippen molar-refractivity contribution in [1.82, 2.24) is 4.90 Å². The highest BCUT2D eigenvalue weighted by Gasteiger charge is 2.31. The van der Waals surface area contributed by atoms with Gasteiger partial charge in [-0.2, -0.15) is 0 Å². The van der Waals surface area contributed by atoms with Crippen LogP contribution in [0, 0.1) is 0 Å². The van der Waals surface area contributed by atoms with Gasteiger partial charge in [0.25, 0.3) is 0 Å². The smallest absolute Gasteiger partial charge is 0.173 e. The second-order valence-corrected chi connectivity index (χ2v) is 8.65. The first-order chi connectivity index (χ1) is 11.9. The number of nitrogens with zero attached hydrogens (tertiary/aromatic N) is 1. The van der Waals surface area contributed by atoms with Gasteiger partial charge in [-0.3, -0.25) is 0 Å². The second-order valence-electron chi connectivity index (χ2n) is 6.04. The lowest BCUT2D eigenvalue weighted by Gasteiger charge is -2.26. The van der Waals surface area contributed by atoms with Crippen LogP contribution < -0.4 is 10.1 Å². The molecule has 25 heavy (non-hydrogen) atoms. The molecule has 5 nitrogen and oxygen atoms in total. The molecule has 1 atom stereocenters. The van der Waals surface area contributed by atoms with E-state index in [1.54, 1.807) is 0 Å². The third kappa shape index (κ3) is 4.70. The molecular formula is C18H20N2O3S2. The number of nitrogens with one attached hydrogen (secondary N) is 1. The highest BCUT2D eigenvalue weighted by atomic mass is 32.2. The van der Waals surface area contributed by atoms with Crippen molar-refractivity contribution in [2.75, 3.05) is 23.9 Å². The lowest BCUT2D eigenvalue weighted by molar-refractivity contribution is 0.402. The van der Waals surface area contributed by atoms with E-state index in [1.165, 1.54) is 0 Å². The van der Waals surface area contributed by atoms with Gasteiger partial charge in [0, 0.05) is 18.8 Å². The van der Waals surface area contributed by atoms with E-state index in [0.29, 0.717) is 11.5 Å². The molecule has 1 fully saturated rings. The number of hydrogen-bond donors (Lipinski definition) is 1. The third-order valence-electron chi connectivity index (χ3n) is 4.16. The van der Waals surface area contributed by atoms with Crippen LogP contribution in [0.25, 0.3) is 0 Å². The van der Waals surface area contributed by atoms with Crippen LogP contribution in [0.5, 0.6) is 11.5 Å². The van der Waals surface area contributed by atoms with Gasteiger partial charge >= 0.3 is 0 Å². The van der Waals surface area contributed by atoms with E-state index in [1.807, 2.05) is 66.5 Å². The number of rotatable bonds is 4. The zero-order valence-corrected chi connectivity index (χ0v) is 15.5. The van der Waals surface area contributed by atoms with Gasteiger partial charge in [0.15, 0.2) is 14.9 Å². The molecule has 0 unspecified atom stereocenters.